The molecule has 112 valence electrons. The number of rotatable bonds is 7. The van der Waals surface area contributed by atoms with Gasteiger partial charge in [-0.25, -0.2) is 0 Å². The molecule has 0 aromatic heterocycles. The van der Waals surface area contributed by atoms with Gasteiger partial charge in [-0.1, -0.05) is 11.6 Å². The number of amides is 1. The highest BCUT2D eigenvalue weighted by Crippen LogP contribution is 2.24. The maximum atomic E-state index is 11.4. The Bertz CT molecular complexity index is 447. The SMILES string of the molecule is CC(N)Cc1cc(Cl)ccc1OCCCC(=O)N(C)C. The lowest BCUT2D eigenvalue weighted by Crippen LogP contribution is -2.22. The molecule has 1 unspecified atom stereocenters. The van der Waals surface area contributed by atoms with Crippen LogP contribution in [0.4, 0.5) is 0 Å². The van der Waals surface area contributed by atoms with Crippen molar-refractivity contribution in [1.29, 1.82) is 0 Å². The van der Waals surface area contributed by atoms with Crippen LogP contribution < -0.4 is 10.5 Å². The van der Waals surface area contributed by atoms with Crippen molar-refractivity contribution in [2.24, 2.45) is 5.73 Å². The molecule has 0 saturated heterocycles. The third kappa shape index (κ3) is 5.80. The van der Waals surface area contributed by atoms with Gasteiger partial charge in [0.2, 0.25) is 5.91 Å². The number of benzene rings is 1. The lowest BCUT2D eigenvalue weighted by atomic mass is 10.1. The van der Waals surface area contributed by atoms with Crippen molar-refractivity contribution < 1.29 is 9.53 Å². The minimum absolute atomic E-state index is 0.0473. The predicted molar refractivity (Wildman–Crippen MR) is 82.2 cm³/mol. The summed E-state index contributed by atoms with van der Waals surface area (Å²) in [6.45, 7) is 2.45. The van der Waals surface area contributed by atoms with Gasteiger partial charge in [0.1, 0.15) is 5.75 Å². The minimum Gasteiger partial charge on any atom is -0.493 e. The highest BCUT2D eigenvalue weighted by molar-refractivity contribution is 6.30. The van der Waals surface area contributed by atoms with Crippen molar-refractivity contribution in [3.63, 3.8) is 0 Å². The van der Waals surface area contributed by atoms with Crippen molar-refractivity contribution in [3.05, 3.63) is 28.8 Å². The van der Waals surface area contributed by atoms with Gasteiger partial charge in [0.25, 0.3) is 0 Å². The summed E-state index contributed by atoms with van der Waals surface area (Å²) in [6.07, 6.45) is 1.90. The zero-order chi connectivity index (χ0) is 15.1. The van der Waals surface area contributed by atoms with Crippen molar-refractivity contribution in [1.82, 2.24) is 4.90 Å². The largest absolute Gasteiger partial charge is 0.493 e. The van der Waals surface area contributed by atoms with E-state index in [0.29, 0.717) is 30.9 Å². The van der Waals surface area contributed by atoms with Crippen molar-refractivity contribution >= 4 is 17.5 Å². The number of ether oxygens (including phenoxy) is 1. The molecule has 1 aromatic rings. The summed E-state index contributed by atoms with van der Waals surface area (Å²) in [7, 11) is 3.51. The van der Waals surface area contributed by atoms with Crippen molar-refractivity contribution in [2.45, 2.75) is 32.2 Å². The highest BCUT2D eigenvalue weighted by Gasteiger charge is 2.08. The van der Waals surface area contributed by atoms with E-state index < -0.39 is 0 Å². The molecular formula is C15H23ClN2O2. The van der Waals surface area contributed by atoms with Gasteiger partial charge in [-0.05, 0) is 43.5 Å². The van der Waals surface area contributed by atoms with Gasteiger partial charge < -0.3 is 15.4 Å². The third-order valence-corrected chi connectivity index (χ3v) is 3.09. The number of hydrogen-bond donors (Lipinski definition) is 1. The first kappa shape index (κ1) is 16.8. The van der Waals surface area contributed by atoms with Crippen LogP contribution in [0.3, 0.4) is 0 Å². The smallest absolute Gasteiger partial charge is 0.222 e. The molecule has 0 radical (unpaired) electrons. The van der Waals surface area contributed by atoms with Gasteiger partial charge in [-0.15, -0.1) is 0 Å². The molecule has 1 rings (SSSR count). The third-order valence-electron chi connectivity index (χ3n) is 2.86. The first-order chi connectivity index (χ1) is 9.40. The molecule has 0 aliphatic heterocycles. The zero-order valence-corrected chi connectivity index (χ0v) is 13.1. The summed E-state index contributed by atoms with van der Waals surface area (Å²) in [5, 5.41) is 0.677. The normalized spacial score (nSPS) is 12.1. The van der Waals surface area contributed by atoms with Crippen molar-refractivity contribution in [2.75, 3.05) is 20.7 Å². The summed E-state index contributed by atoms with van der Waals surface area (Å²) in [5.41, 5.74) is 6.83. The number of halogens is 1. The second kappa shape index (κ2) is 8.12. The molecular weight excluding hydrogens is 276 g/mol. The number of nitrogens with zero attached hydrogens (tertiary/aromatic N) is 1. The second-order valence-electron chi connectivity index (χ2n) is 5.17. The summed E-state index contributed by atoms with van der Waals surface area (Å²) >= 11 is 5.99. The van der Waals surface area contributed by atoms with E-state index in [1.807, 2.05) is 19.1 Å². The Hall–Kier alpha value is -1.26. The minimum atomic E-state index is 0.0473. The van der Waals surface area contributed by atoms with Crippen LogP contribution in [-0.2, 0) is 11.2 Å². The Morgan fingerprint density at radius 3 is 2.75 bits per heavy atom. The van der Waals surface area contributed by atoms with Crippen LogP contribution in [0.1, 0.15) is 25.3 Å². The Kier molecular flexibility index (Phi) is 6.82. The molecule has 1 amide bonds. The topological polar surface area (TPSA) is 55.6 Å². The molecule has 1 aromatic carbocycles. The van der Waals surface area contributed by atoms with E-state index >= 15 is 0 Å². The van der Waals surface area contributed by atoms with Gasteiger partial charge in [-0.2, -0.15) is 0 Å². The van der Waals surface area contributed by atoms with E-state index in [1.165, 1.54) is 0 Å². The second-order valence-corrected chi connectivity index (χ2v) is 5.61. The van der Waals surface area contributed by atoms with Gasteiger partial charge in [0.15, 0.2) is 0 Å². The molecule has 0 bridgehead atoms. The maximum absolute atomic E-state index is 11.4. The average Bonchev–Trinajstić information content (AvgIpc) is 2.35. The molecule has 2 N–H and O–H groups in total. The van der Waals surface area contributed by atoms with Gasteiger partial charge in [0.05, 0.1) is 6.61 Å². The van der Waals surface area contributed by atoms with E-state index in [2.05, 4.69) is 0 Å². The summed E-state index contributed by atoms with van der Waals surface area (Å²) in [4.78, 5) is 13.0. The molecule has 0 saturated carbocycles. The fourth-order valence-corrected chi connectivity index (χ4v) is 2.02. The van der Waals surface area contributed by atoms with Gasteiger partial charge in [0, 0.05) is 31.6 Å². The maximum Gasteiger partial charge on any atom is 0.222 e. The van der Waals surface area contributed by atoms with Gasteiger partial charge >= 0.3 is 0 Å². The highest BCUT2D eigenvalue weighted by atomic mass is 35.5. The molecule has 1 atom stereocenters. The average molecular weight is 299 g/mol. The number of carbonyl (C=O) groups excluding carboxylic acids is 1. The Balaban J connectivity index is 2.52. The predicted octanol–water partition coefficient (Wildman–Crippen LogP) is 2.48. The van der Waals surface area contributed by atoms with Crippen LogP contribution in [0, 0.1) is 0 Å². The number of nitrogens with two attached hydrogens (primary N) is 1. The fourth-order valence-electron chi connectivity index (χ4n) is 1.82. The standard InChI is InChI=1S/C15H23ClN2O2/c1-11(17)9-12-10-13(16)6-7-14(12)20-8-4-5-15(19)18(2)3/h6-7,10-11H,4-5,8-9,17H2,1-3H3. The van der Waals surface area contributed by atoms with Gasteiger partial charge in [-0.3, -0.25) is 4.79 Å². The molecule has 0 spiro atoms. The Morgan fingerprint density at radius 1 is 1.45 bits per heavy atom. The number of hydrogen-bond acceptors (Lipinski definition) is 3. The first-order valence-electron chi connectivity index (χ1n) is 6.77. The van der Waals surface area contributed by atoms with E-state index in [0.717, 1.165) is 11.3 Å². The lowest BCUT2D eigenvalue weighted by Gasteiger charge is -2.14. The summed E-state index contributed by atoms with van der Waals surface area (Å²) in [6, 6.07) is 5.58. The molecule has 0 aliphatic carbocycles. The molecule has 20 heavy (non-hydrogen) atoms. The van der Waals surface area contributed by atoms with Crippen LogP contribution in [-0.4, -0.2) is 37.6 Å². The van der Waals surface area contributed by atoms with Crippen LogP contribution in [0.5, 0.6) is 5.75 Å². The first-order valence-corrected chi connectivity index (χ1v) is 7.15. The molecule has 5 heteroatoms. The Labute approximate surface area is 125 Å². The molecule has 0 aliphatic rings. The lowest BCUT2D eigenvalue weighted by molar-refractivity contribution is -0.128. The summed E-state index contributed by atoms with van der Waals surface area (Å²) < 4.78 is 5.74. The van der Waals surface area contributed by atoms with E-state index in [1.54, 1.807) is 25.1 Å². The zero-order valence-electron chi connectivity index (χ0n) is 12.4. The van der Waals surface area contributed by atoms with Crippen LogP contribution >= 0.6 is 11.6 Å². The quantitative estimate of drug-likeness (QED) is 0.787. The monoisotopic (exact) mass is 298 g/mol. The number of carbonyl (C=O) groups is 1. The fraction of sp³-hybridized carbons (Fsp3) is 0.533. The van der Waals surface area contributed by atoms with Crippen LogP contribution in [0.15, 0.2) is 18.2 Å². The molecule has 0 heterocycles. The van der Waals surface area contributed by atoms with Crippen LogP contribution in [0.25, 0.3) is 0 Å². The van der Waals surface area contributed by atoms with E-state index in [4.69, 9.17) is 22.1 Å². The summed E-state index contributed by atoms with van der Waals surface area (Å²) in [5.74, 6) is 0.907. The van der Waals surface area contributed by atoms with Crippen LogP contribution in [0.2, 0.25) is 5.02 Å². The molecule has 4 nitrogen and oxygen atoms in total. The van der Waals surface area contributed by atoms with Crippen molar-refractivity contribution in [3.8, 4) is 5.75 Å². The van der Waals surface area contributed by atoms with E-state index in [-0.39, 0.29) is 11.9 Å². The Morgan fingerprint density at radius 2 is 2.15 bits per heavy atom. The molecule has 0 fully saturated rings. The van der Waals surface area contributed by atoms with E-state index in [9.17, 15) is 4.79 Å².